The van der Waals surface area contributed by atoms with Crippen LogP contribution in [0.2, 0.25) is 0 Å². The molecule has 0 atom stereocenters. The molecular weight excluding hydrogens is 232 g/mol. The third kappa shape index (κ3) is 1.40. The second-order valence-electron chi connectivity index (χ2n) is 2.85. The number of Topliss-reactive ketones (excluding diaryl/α,β-unsaturated/α-hetero) is 1. The molecule has 0 N–H and O–H groups in total. The fraction of sp³-hybridized carbons (Fsp3) is 0.100. The maximum Gasteiger partial charge on any atom is 0.159 e. The molecule has 0 aliphatic rings. The minimum atomic E-state index is 0.0504. The van der Waals surface area contributed by atoms with Gasteiger partial charge >= 0.3 is 0 Å². The number of furan rings is 1. The van der Waals surface area contributed by atoms with E-state index in [9.17, 15) is 4.79 Å². The van der Waals surface area contributed by atoms with E-state index < -0.39 is 0 Å². The first-order valence-electron chi connectivity index (χ1n) is 3.86. The normalized spacial score (nSPS) is 10.6. The zero-order chi connectivity index (χ0) is 9.42. The van der Waals surface area contributed by atoms with E-state index >= 15 is 0 Å². The number of benzene rings is 1. The van der Waals surface area contributed by atoms with E-state index in [2.05, 4.69) is 15.9 Å². The Hall–Kier alpha value is -1.09. The predicted octanol–water partition coefficient (Wildman–Crippen LogP) is 3.40. The average Bonchev–Trinajstić information content (AvgIpc) is 2.47. The molecule has 0 radical (unpaired) electrons. The van der Waals surface area contributed by atoms with E-state index in [1.54, 1.807) is 25.3 Å². The molecule has 0 saturated carbocycles. The smallest absolute Gasteiger partial charge is 0.159 e. The fourth-order valence-electron chi connectivity index (χ4n) is 1.21. The van der Waals surface area contributed by atoms with Crippen LogP contribution in [-0.4, -0.2) is 5.78 Å². The van der Waals surface area contributed by atoms with Crippen LogP contribution >= 0.6 is 15.9 Å². The third-order valence-electron chi connectivity index (χ3n) is 1.93. The molecule has 0 aliphatic carbocycles. The van der Waals surface area contributed by atoms with Gasteiger partial charge in [-0.2, -0.15) is 0 Å². The van der Waals surface area contributed by atoms with Crippen molar-refractivity contribution in [1.29, 1.82) is 0 Å². The molecule has 13 heavy (non-hydrogen) atoms. The molecule has 0 aliphatic heterocycles. The van der Waals surface area contributed by atoms with Crippen LogP contribution in [0.4, 0.5) is 0 Å². The predicted molar refractivity (Wildman–Crippen MR) is 53.9 cm³/mol. The van der Waals surface area contributed by atoms with E-state index in [1.165, 1.54) is 0 Å². The van der Waals surface area contributed by atoms with Crippen LogP contribution in [0.1, 0.15) is 17.3 Å². The van der Waals surface area contributed by atoms with Gasteiger partial charge in [-0.3, -0.25) is 4.79 Å². The minimum Gasteiger partial charge on any atom is -0.463 e. The molecule has 66 valence electrons. The van der Waals surface area contributed by atoms with Gasteiger partial charge in [0.25, 0.3) is 0 Å². The summed E-state index contributed by atoms with van der Waals surface area (Å²) < 4.78 is 6.15. The van der Waals surface area contributed by atoms with Gasteiger partial charge in [0.2, 0.25) is 0 Å². The molecule has 2 nitrogen and oxygen atoms in total. The van der Waals surface area contributed by atoms with Crippen LogP contribution in [0.15, 0.2) is 33.4 Å². The van der Waals surface area contributed by atoms with Crippen LogP contribution in [-0.2, 0) is 0 Å². The maximum absolute atomic E-state index is 11.0. The van der Waals surface area contributed by atoms with Crippen molar-refractivity contribution in [3.05, 3.63) is 34.5 Å². The summed E-state index contributed by atoms with van der Waals surface area (Å²) in [4.78, 5) is 11.0. The third-order valence-corrected chi connectivity index (χ3v) is 2.55. The van der Waals surface area contributed by atoms with Gasteiger partial charge in [-0.25, -0.2) is 0 Å². The SMILES string of the molecule is CC(=O)c1ccc2c(Br)coc2c1. The molecule has 1 heterocycles. The van der Waals surface area contributed by atoms with E-state index in [0.29, 0.717) is 5.56 Å². The lowest BCUT2D eigenvalue weighted by Crippen LogP contribution is -1.89. The Labute approximate surface area is 83.7 Å². The first kappa shape index (κ1) is 8.51. The highest BCUT2D eigenvalue weighted by Gasteiger charge is 2.05. The van der Waals surface area contributed by atoms with Crippen LogP contribution in [0, 0.1) is 0 Å². The van der Waals surface area contributed by atoms with Crippen molar-refractivity contribution >= 4 is 32.7 Å². The number of carbonyl (C=O) groups is 1. The van der Waals surface area contributed by atoms with Crippen molar-refractivity contribution in [2.24, 2.45) is 0 Å². The summed E-state index contributed by atoms with van der Waals surface area (Å²) in [5.74, 6) is 0.0504. The second kappa shape index (κ2) is 3.00. The molecule has 3 heteroatoms. The van der Waals surface area contributed by atoms with Crippen molar-refractivity contribution < 1.29 is 9.21 Å². The summed E-state index contributed by atoms with van der Waals surface area (Å²) >= 11 is 3.35. The molecule has 2 aromatic rings. The Kier molecular flexibility index (Phi) is 1.96. The summed E-state index contributed by atoms with van der Waals surface area (Å²) in [7, 11) is 0. The lowest BCUT2D eigenvalue weighted by Gasteiger charge is -1.94. The molecule has 0 amide bonds. The highest BCUT2D eigenvalue weighted by atomic mass is 79.9. The molecule has 0 saturated heterocycles. The number of carbonyl (C=O) groups excluding carboxylic acids is 1. The molecule has 0 unspecified atom stereocenters. The summed E-state index contributed by atoms with van der Waals surface area (Å²) in [6, 6.07) is 5.42. The van der Waals surface area contributed by atoms with Gasteiger partial charge < -0.3 is 4.42 Å². The van der Waals surface area contributed by atoms with Crippen LogP contribution < -0.4 is 0 Å². The average molecular weight is 239 g/mol. The Balaban J connectivity index is 2.70. The zero-order valence-corrected chi connectivity index (χ0v) is 8.59. The highest BCUT2D eigenvalue weighted by molar-refractivity contribution is 9.10. The zero-order valence-electron chi connectivity index (χ0n) is 7.00. The lowest BCUT2D eigenvalue weighted by molar-refractivity contribution is 0.101. The van der Waals surface area contributed by atoms with Gasteiger partial charge in [0.1, 0.15) is 11.8 Å². The summed E-state index contributed by atoms with van der Waals surface area (Å²) in [5, 5.41) is 0.991. The molecular formula is C10H7BrO2. The largest absolute Gasteiger partial charge is 0.463 e. The second-order valence-corrected chi connectivity index (χ2v) is 3.71. The summed E-state index contributed by atoms with van der Waals surface area (Å²) in [6.45, 7) is 1.54. The first-order valence-corrected chi connectivity index (χ1v) is 4.65. The van der Waals surface area contributed by atoms with Gasteiger partial charge in [0.15, 0.2) is 5.78 Å². The number of halogens is 1. The van der Waals surface area contributed by atoms with Crippen LogP contribution in [0.3, 0.4) is 0 Å². The van der Waals surface area contributed by atoms with Crippen LogP contribution in [0.25, 0.3) is 11.0 Å². The number of ketones is 1. The van der Waals surface area contributed by atoms with Gasteiger partial charge in [0, 0.05) is 10.9 Å². The maximum atomic E-state index is 11.0. The van der Waals surface area contributed by atoms with E-state index in [1.807, 2.05) is 6.07 Å². The number of hydrogen-bond acceptors (Lipinski definition) is 2. The van der Waals surface area contributed by atoms with Gasteiger partial charge in [-0.1, -0.05) is 6.07 Å². The molecule has 0 bridgehead atoms. The highest BCUT2D eigenvalue weighted by Crippen LogP contribution is 2.26. The lowest BCUT2D eigenvalue weighted by atomic mass is 10.1. The number of rotatable bonds is 1. The van der Waals surface area contributed by atoms with E-state index in [0.717, 1.165) is 15.4 Å². The molecule has 2 rings (SSSR count). The molecule has 1 aromatic carbocycles. The molecule has 0 fully saturated rings. The van der Waals surface area contributed by atoms with Crippen molar-refractivity contribution in [2.75, 3.05) is 0 Å². The number of hydrogen-bond donors (Lipinski definition) is 0. The summed E-state index contributed by atoms with van der Waals surface area (Å²) in [5.41, 5.74) is 1.41. The van der Waals surface area contributed by atoms with E-state index in [-0.39, 0.29) is 5.78 Å². The first-order chi connectivity index (χ1) is 6.18. The van der Waals surface area contributed by atoms with Gasteiger partial charge in [-0.15, -0.1) is 0 Å². The van der Waals surface area contributed by atoms with Gasteiger partial charge in [0.05, 0.1) is 4.47 Å². The number of fused-ring (bicyclic) bond motifs is 1. The molecule has 0 spiro atoms. The van der Waals surface area contributed by atoms with Crippen molar-refractivity contribution in [1.82, 2.24) is 0 Å². The van der Waals surface area contributed by atoms with Crippen molar-refractivity contribution in [3.8, 4) is 0 Å². The molecule has 1 aromatic heterocycles. The van der Waals surface area contributed by atoms with Crippen molar-refractivity contribution in [2.45, 2.75) is 6.92 Å². The van der Waals surface area contributed by atoms with Gasteiger partial charge in [-0.05, 0) is 35.0 Å². The Morgan fingerprint density at radius 3 is 2.92 bits per heavy atom. The Morgan fingerprint density at radius 1 is 1.46 bits per heavy atom. The Morgan fingerprint density at radius 2 is 2.23 bits per heavy atom. The topological polar surface area (TPSA) is 30.2 Å². The standard InChI is InChI=1S/C10H7BrO2/c1-6(12)7-2-3-8-9(11)5-13-10(8)4-7/h2-5H,1H3. The quantitative estimate of drug-likeness (QED) is 0.714. The van der Waals surface area contributed by atoms with Crippen LogP contribution in [0.5, 0.6) is 0 Å². The van der Waals surface area contributed by atoms with E-state index in [4.69, 9.17) is 4.42 Å². The van der Waals surface area contributed by atoms with Crippen molar-refractivity contribution in [3.63, 3.8) is 0 Å². The monoisotopic (exact) mass is 238 g/mol. The summed E-state index contributed by atoms with van der Waals surface area (Å²) in [6.07, 6.45) is 1.62. The Bertz CT molecular complexity index is 471. The fourth-order valence-corrected chi connectivity index (χ4v) is 1.64. The minimum absolute atomic E-state index is 0.0504.